The fourth-order valence-corrected chi connectivity index (χ4v) is 2.16. The maximum Gasteiger partial charge on any atom is 0.188 e. The first kappa shape index (κ1) is 17.8. The molecule has 0 fully saturated rings. The lowest BCUT2D eigenvalue weighted by atomic mass is 10.2. The summed E-state index contributed by atoms with van der Waals surface area (Å²) >= 11 is 0. The van der Waals surface area contributed by atoms with Gasteiger partial charge in [0.05, 0.1) is 13.2 Å². The number of unbranched alkanes of at least 4 members (excludes halogenated alkanes) is 1. The predicted octanol–water partition coefficient (Wildman–Crippen LogP) is 2.91. The molecule has 128 valence electrons. The number of benzene rings is 1. The Morgan fingerprint density at radius 1 is 1.25 bits per heavy atom. The van der Waals surface area contributed by atoms with E-state index in [0.29, 0.717) is 19.0 Å². The van der Waals surface area contributed by atoms with E-state index in [-0.39, 0.29) is 0 Å². The van der Waals surface area contributed by atoms with E-state index in [4.69, 9.17) is 10.5 Å². The molecule has 0 atom stereocenters. The molecule has 0 bridgehead atoms. The molecule has 0 spiro atoms. The van der Waals surface area contributed by atoms with Gasteiger partial charge in [0.1, 0.15) is 5.75 Å². The van der Waals surface area contributed by atoms with Gasteiger partial charge in [-0.25, -0.2) is 4.99 Å². The van der Waals surface area contributed by atoms with Gasteiger partial charge in [0.15, 0.2) is 5.96 Å². The number of pyridine rings is 1. The molecule has 0 aliphatic carbocycles. The first-order chi connectivity index (χ1) is 11.8. The fourth-order valence-electron chi connectivity index (χ4n) is 2.16. The molecule has 0 amide bonds. The second kappa shape index (κ2) is 10.3. The Bertz CT molecular complexity index is 628. The van der Waals surface area contributed by atoms with Crippen LogP contribution in [-0.2, 0) is 13.0 Å². The second-order valence-corrected chi connectivity index (χ2v) is 5.55. The molecule has 5 nitrogen and oxygen atoms in total. The van der Waals surface area contributed by atoms with Crippen molar-refractivity contribution in [2.24, 2.45) is 10.7 Å². The molecule has 1 aromatic heterocycles. The summed E-state index contributed by atoms with van der Waals surface area (Å²) in [6.07, 6.45) is 4.81. The Labute approximate surface area is 144 Å². The van der Waals surface area contributed by atoms with Crippen LogP contribution in [0.4, 0.5) is 0 Å². The number of nitrogens with zero attached hydrogens (tertiary/aromatic N) is 2. The van der Waals surface area contributed by atoms with Crippen LogP contribution in [0.5, 0.6) is 5.75 Å². The van der Waals surface area contributed by atoms with Crippen molar-refractivity contribution in [3.05, 3.63) is 59.9 Å². The van der Waals surface area contributed by atoms with E-state index in [1.807, 2.05) is 42.5 Å². The number of guanidine groups is 1. The van der Waals surface area contributed by atoms with Crippen LogP contribution in [-0.4, -0.2) is 24.1 Å². The van der Waals surface area contributed by atoms with Gasteiger partial charge in [-0.3, -0.25) is 4.98 Å². The summed E-state index contributed by atoms with van der Waals surface area (Å²) in [6, 6.07) is 13.9. The van der Waals surface area contributed by atoms with E-state index in [1.165, 1.54) is 0 Å². The normalized spacial score (nSPS) is 11.3. The molecular formula is C19H26N4O. The van der Waals surface area contributed by atoms with Gasteiger partial charge in [-0.1, -0.05) is 31.5 Å². The lowest BCUT2D eigenvalue weighted by Crippen LogP contribution is -2.33. The quantitative estimate of drug-likeness (QED) is 0.422. The third-order valence-electron chi connectivity index (χ3n) is 3.51. The maximum atomic E-state index is 5.91. The van der Waals surface area contributed by atoms with Crippen molar-refractivity contribution in [2.75, 3.05) is 13.2 Å². The first-order valence-electron chi connectivity index (χ1n) is 8.43. The third-order valence-corrected chi connectivity index (χ3v) is 3.51. The average Bonchev–Trinajstić information content (AvgIpc) is 2.62. The van der Waals surface area contributed by atoms with Gasteiger partial charge in [0.25, 0.3) is 0 Å². The molecule has 0 saturated heterocycles. The molecule has 1 aromatic carbocycles. The van der Waals surface area contributed by atoms with Crippen LogP contribution in [0, 0.1) is 0 Å². The zero-order valence-corrected chi connectivity index (χ0v) is 14.2. The first-order valence-corrected chi connectivity index (χ1v) is 8.43. The van der Waals surface area contributed by atoms with E-state index in [0.717, 1.165) is 42.9 Å². The summed E-state index contributed by atoms with van der Waals surface area (Å²) in [6.45, 7) is 4.15. The number of nitrogens with one attached hydrogen (secondary N) is 1. The van der Waals surface area contributed by atoms with E-state index in [9.17, 15) is 0 Å². The lowest BCUT2D eigenvalue weighted by molar-refractivity contribution is 0.309. The second-order valence-electron chi connectivity index (χ2n) is 5.55. The van der Waals surface area contributed by atoms with Crippen LogP contribution in [0.3, 0.4) is 0 Å². The number of nitrogens with two attached hydrogens (primary N) is 1. The molecule has 5 heteroatoms. The van der Waals surface area contributed by atoms with Gasteiger partial charge in [-0.05, 0) is 36.2 Å². The molecule has 0 aliphatic rings. The zero-order valence-electron chi connectivity index (χ0n) is 14.2. The summed E-state index contributed by atoms with van der Waals surface area (Å²) in [7, 11) is 0. The smallest absolute Gasteiger partial charge is 0.188 e. The van der Waals surface area contributed by atoms with Gasteiger partial charge in [0, 0.05) is 24.9 Å². The van der Waals surface area contributed by atoms with Gasteiger partial charge in [0.2, 0.25) is 0 Å². The molecule has 0 aliphatic heterocycles. The van der Waals surface area contributed by atoms with Crippen LogP contribution in [0.2, 0.25) is 0 Å². The Balaban J connectivity index is 1.76. The molecule has 0 radical (unpaired) electrons. The maximum absolute atomic E-state index is 5.91. The highest BCUT2D eigenvalue weighted by molar-refractivity contribution is 5.77. The molecule has 2 rings (SSSR count). The van der Waals surface area contributed by atoms with Crippen molar-refractivity contribution in [1.29, 1.82) is 0 Å². The number of aromatic nitrogens is 1. The molecule has 0 saturated carbocycles. The van der Waals surface area contributed by atoms with Gasteiger partial charge in [-0.15, -0.1) is 0 Å². The summed E-state index contributed by atoms with van der Waals surface area (Å²) in [4.78, 5) is 8.65. The van der Waals surface area contributed by atoms with Gasteiger partial charge < -0.3 is 15.8 Å². The summed E-state index contributed by atoms with van der Waals surface area (Å²) < 4.78 is 5.71. The molecular weight excluding hydrogens is 300 g/mol. The van der Waals surface area contributed by atoms with Crippen LogP contribution in [0.1, 0.15) is 31.0 Å². The fraction of sp³-hybridized carbons (Fsp3) is 0.368. The van der Waals surface area contributed by atoms with Crippen molar-refractivity contribution in [3.63, 3.8) is 0 Å². The molecule has 24 heavy (non-hydrogen) atoms. The topological polar surface area (TPSA) is 72.5 Å². The van der Waals surface area contributed by atoms with Crippen LogP contribution < -0.4 is 15.8 Å². The highest BCUT2D eigenvalue weighted by Gasteiger charge is 1.98. The number of aliphatic imine (C=N–C) groups is 1. The van der Waals surface area contributed by atoms with Crippen molar-refractivity contribution in [3.8, 4) is 5.75 Å². The van der Waals surface area contributed by atoms with Crippen LogP contribution >= 0.6 is 0 Å². The molecule has 1 heterocycles. The number of hydrogen-bond acceptors (Lipinski definition) is 3. The number of hydrogen-bond donors (Lipinski definition) is 2. The van der Waals surface area contributed by atoms with E-state index in [2.05, 4.69) is 22.2 Å². The molecule has 3 N–H and O–H groups in total. The van der Waals surface area contributed by atoms with Crippen molar-refractivity contribution < 1.29 is 4.74 Å². The Hall–Kier alpha value is -2.56. The Kier molecular flexibility index (Phi) is 7.60. The highest BCUT2D eigenvalue weighted by atomic mass is 16.5. The number of ether oxygens (including phenoxy) is 1. The largest absolute Gasteiger partial charge is 0.494 e. The number of rotatable bonds is 9. The summed E-state index contributed by atoms with van der Waals surface area (Å²) in [5.74, 6) is 1.33. The highest BCUT2D eigenvalue weighted by Crippen LogP contribution is 2.14. The van der Waals surface area contributed by atoms with Crippen molar-refractivity contribution in [2.45, 2.75) is 32.7 Å². The minimum atomic E-state index is 0.447. The van der Waals surface area contributed by atoms with E-state index < -0.39 is 0 Å². The zero-order chi connectivity index (χ0) is 17.0. The standard InChI is InChI=1S/C19H26N4O/c1-2-3-13-24-18-9-6-7-16(14-18)15-23-19(20)22-12-10-17-8-4-5-11-21-17/h4-9,11,14H,2-3,10,12-13,15H2,1H3,(H3,20,22,23). The summed E-state index contributed by atoms with van der Waals surface area (Å²) in [5, 5.41) is 3.11. The Morgan fingerprint density at radius 2 is 2.17 bits per heavy atom. The van der Waals surface area contributed by atoms with E-state index >= 15 is 0 Å². The minimum absolute atomic E-state index is 0.447. The SMILES string of the molecule is CCCCOc1cccc(CN=C(N)NCCc2ccccn2)c1. The Morgan fingerprint density at radius 3 is 2.96 bits per heavy atom. The summed E-state index contributed by atoms with van der Waals surface area (Å²) in [5.41, 5.74) is 8.03. The predicted molar refractivity (Wildman–Crippen MR) is 98.1 cm³/mol. The molecule has 2 aromatic rings. The monoisotopic (exact) mass is 326 g/mol. The molecule has 0 unspecified atom stereocenters. The van der Waals surface area contributed by atoms with E-state index in [1.54, 1.807) is 6.20 Å². The van der Waals surface area contributed by atoms with Gasteiger partial charge in [-0.2, -0.15) is 0 Å². The van der Waals surface area contributed by atoms with Crippen LogP contribution in [0.25, 0.3) is 0 Å². The van der Waals surface area contributed by atoms with Gasteiger partial charge >= 0.3 is 0 Å². The van der Waals surface area contributed by atoms with Crippen molar-refractivity contribution in [1.82, 2.24) is 10.3 Å². The minimum Gasteiger partial charge on any atom is -0.494 e. The lowest BCUT2D eigenvalue weighted by Gasteiger charge is -2.07. The average molecular weight is 326 g/mol. The third kappa shape index (κ3) is 6.69. The van der Waals surface area contributed by atoms with Crippen LogP contribution in [0.15, 0.2) is 53.7 Å². The van der Waals surface area contributed by atoms with Crippen molar-refractivity contribution >= 4 is 5.96 Å².